The first kappa shape index (κ1) is 21.2. The van der Waals surface area contributed by atoms with Crippen LogP contribution in [0.15, 0.2) is 18.2 Å². The lowest BCUT2D eigenvalue weighted by molar-refractivity contribution is -0.149. The van der Waals surface area contributed by atoms with Crippen LogP contribution in [0.2, 0.25) is 0 Å². The largest absolute Gasteiger partial charge is 0.468 e. The van der Waals surface area contributed by atoms with Crippen LogP contribution < -0.4 is 4.90 Å². The number of hydrogen-bond acceptors (Lipinski definition) is 4. The summed E-state index contributed by atoms with van der Waals surface area (Å²) in [6, 6.07) is 6.41. The molecule has 4 heteroatoms. The summed E-state index contributed by atoms with van der Waals surface area (Å²) in [4.78, 5) is 25.8. The second-order valence-electron chi connectivity index (χ2n) is 6.94. The van der Waals surface area contributed by atoms with Gasteiger partial charge in [0.2, 0.25) is 0 Å². The molecule has 0 spiro atoms. The van der Waals surface area contributed by atoms with Gasteiger partial charge in [0.05, 0.1) is 7.11 Å². The third kappa shape index (κ3) is 5.87. The van der Waals surface area contributed by atoms with Crippen molar-refractivity contribution in [2.75, 3.05) is 25.1 Å². The molecule has 25 heavy (non-hydrogen) atoms. The maximum atomic E-state index is 11.9. The molecule has 1 fully saturated rings. The van der Waals surface area contributed by atoms with Crippen LogP contribution in [-0.2, 0) is 14.3 Å². The van der Waals surface area contributed by atoms with E-state index in [0.29, 0.717) is 25.4 Å². The molecule has 1 aromatic rings. The Hall–Kier alpha value is -1.84. The van der Waals surface area contributed by atoms with Gasteiger partial charge in [0.25, 0.3) is 0 Å². The maximum Gasteiger partial charge on any atom is 0.318 e. The number of esters is 1. The van der Waals surface area contributed by atoms with Gasteiger partial charge in [0.15, 0.2) is 5.78 Å². The van der Waals surface area contributed by atoms with Crippen LogP contribution in [0.5, 0.6) is 0 Å². The van der Waals surface area contributed by atoms with Gasteiger partial charge < -0.3 is 9.64 Å². The number of methoxy groups -OCH3 is 1. The molecule has 1 aromatic carbocycles. The van der Waals surface area contributed by atoms with Gasteiger partial charge >= 0.3 is 5.97 Å². The lowest BCUT2D eigenvalue weighted by atomic mass is 9.94. The smallest absolute Gasteiger partial charge is 0.318 e. The van der Waals surface area contributed by atoms with E-state index in [1.165, 1.54) is 25.5 Å². The molecule has 1 heterocycles. The summed E-state index contributed by atoms with van der Waals surface area (Å²) in [6.07, 6.45) is 3.03. The minimum absolute atomic E-state index is 0.0178. The first-order valence-corrected chi connectivity index (χ1v) is 9.31. The van der Waals surface area contributed by atoms with Crippen molar-refractivity contribution in [2.24, 2.45) is 5.92 Å². The van der Waals surface area contributed by atoms with E-state index in [4.69, 9.17) is 4.74 Å². The average Bonchev–Trinajstić information content (AvgIpc) is 2.62. The fourth-order valence-electron chi connectivity index (χ4n) is 2.73. The number of rotatable bonds is 4. The highest BCUT2D eigenvalue weighted by atomic mass is 16.5. The molecule has 1 unspecified atom stereocenters. The normalized spacial score (nSPS) is 17.2. The molecule has 0 aromatic heterocycles. The molecule has 1 saturated heterocycles. The van der Waals surface area contributed by atoms with Gasteiger partial charge in [-0.25, -0.2) is 0 Å². The summed E-state index contributed by atoms with van der Waals surface area (Å²) >= 11 is 0. The average molecular weight is 347 g/mol. The highest BCUT2D eigenvalue weighted by Gasteiger charge is 2.34. The van der Waals surface area contributed by atoms with E-state index in [-0.39, 0.29) is 5.78 Å². The molecule has 0 radical (unpaired) electrons. The number of aryl methyl sites for hydroxylation is 1. The third-order valence-electron chi connectivity index (χ3n) is 4.65. The number of Topliss-reactive ketones (excluding diaryl/α,β-unsaturated/α-hetero) is 1. The van der Waals surface area contributed by atoms with Gasteiger partial charge in [-0.3, -0.25) is 9.59 Å². The van der Waals surface area contributed by atoms with Crippen molar-refractivity contribution in [1.29, 1.82) is 0 Å². The summed E-state index contributed by atoms with van der Waals surface area (Å²) in [5.41, 5.74) is 3.54. The quantitative estimate of drug-likeness (QED) is 0.594. The van der Waals surface area contributed by atoms with Crippen LogP contribution in [0.4, 0.5) is 5.69 Å². The topological polar surface area (TPSA) is 46.6 Å². The Labute approximate surface area is 152 Å². The predicted octanol–water partition coefficient (Wildman–Crippen LogP) is 4.49. The summed E-state index contributed by atoms with van der Waals surface area (Å²) in [5.74, 6) is -0.656. The van der Waals surface area contributed by atoms with Gasteiger partial charge in [-0.2, -0.15) is 0 Å². The molecule has 2 rings (SSSR count). The molecule has 1 atom stereocenters. The lowest BCUT2D eigenvalue weighted by Crippen LogP contribution is -2.45. The monoisotopic (exact) mass is 347 g/mol. The van der Waals surface area contributed by atoms with Crippen LogP contribution in [0, 0.1) is 12.8 Å². The molecule has 4 nitrogen and oxygen atoms in total. The van der Waals surface area contributed by atoms with Crippen molar-refractivity contribution in [2.45, 2.75) is 59.8 Å². The zero-order chi connectivity index (χ0) is 19.0. The fourth-order valence-corrected chi connectivity index (χ4v) is 2.73. The fraction of sp³-hybridized carbons (Fsp3) is 0.619. The Morgan fingerprint density at radius 2 is 1.92 bits per heavy atom. The molecular weight excluding hydrogens is 314 g/mol. The number of unbranched alkanes of at least 4 members (excludes halogenated alkanes) is 1. The van der Waals surface area contributed by atoms with Crippen molar-refractivity contribution in [1.82, 2.24) is 0 Å². The molecule has 0 saturated carbocycles. The van der Waals surface area contributed by atoms with E-state index < -0.39 is 11.9 Å². The van der Waals surface area contributed by atoms with Gasteiger partial charge in [-0.15, -0.1) is 0 Å². The molecule has 0 aliphatic carbocycles. The van der Waals surface area contributed by atoms with Crippen molar-refractivity contribution in [3.8, 4) is 0 Å². The number of anilines is 1. The van der Waals surface area contributed by atoms with Gasteiger partial charge in [0, 0.05) is 25.2 Å². The van der Waals surface area contributed by atoms with Gasteiger partial charge in [0.1, 0.15) is 5.92 Å². The molecule has 0 bridgehead atoms. The Bertz CT molecular complexity index is 571. The van der Waals surface area contributed by atoms with Crippen LogP contribution in [0.1, 0.15) is 64.0 Å². The molecule has 1 aliphatic heterocycles. The summed E-state index contributed by atoms with van der Waals surface area (Å²) < 4.78 is 4.75. The van der Waals surface area contributed by atoms with Crippen LogP contribution in [-0.4, -0.2) is 32.0 Å². The van der Waals surface area contributed by atoms with Gasteiger partial charge in [-0.1, -0.05) is 52.7 Å². The van der Waals surface area contributed by atoms with Crippen molar-refractivity contribution < 1.29 is 14.3 Å². The number of benzene rings is 1. The highest BCUT2D eigenvalue weighted by molar-refractivity contribution is 6.00. The van der Waals surface area contributed by atoms with Crippen molar-refractivity contribution >= 4 is 17.4 Å². The van der Waals surface area contributed by atoms with Crippen molar-refractivity contribution in [3.63, 3.8) is 0 Å². The Morgan fingerprint density at radius 3 is 2.44 bits per heavy atom. The Morgan fingerprint density at radius 1 is 1.28 bits per heavy atom. The summed E-state index contributed by atoms with van der Waals surface area (Å²) in [7, 11) is 1.33. The van der Waals surface area contributed by atoms with E-state index in [9.17, 15) is 9.59 Å². The molecule has 0 amide bonds. The number of ketones is 1. The number of carbonyl (C=O) groups excluding carboxylic acids is 2. The van der Waals surface area contributed by atoms with E-state index in [1.807, 2.05) is 0 Å². The van der Waals surface area contributed by atoms with Crippen molar-refractivity contribution in [3.05, 3.63) is 29.3 Å². The zero-order valence-corrected chi connectivity index (χ0v) is 16.6. The second-order valence-corrected chi connectivity index (χ2v) is 6.94. The standard InChI is InChI=1S/C17H23NO3.C4H10/c1-11(2)13-6-5-12(3)15(9-13)18-8-7-16(19)14(10-18)17(20)21-4;1-3-4-2/h5-6,9,11,14H,7-8,10H2,1-4H3;3-4H2,1-2H3. The van der Waals surface area contributed by atoms with Crippen LogP contribution in [0.25, 0.3) is 0 Å². The molecular formula is C21H33NO3. The summed E-state index contributed by atoms with van der Waals surface area (Å²) in [6.45, 7) is 11.8. The minimum atomic E-state index is -0.661. The first-order valence-electron chi connectivity index (χ1n) is 9.31. The predicted molar refractivity (Wildman–Crippen MR) is 103 cm³/mol. The van der Waals surface area contributed by atoms with E-state index >= 15 is 0 Å². The first-order chi connectivity index (χ1) is 11.8. The van der Waals surface area contributed by atoms with E-state index in [0.717, 1.165) is 11.3 Å². The SMILES string of the molecule is CCCC.COC(=O)C1CN(c2cc(C(C)C)ccc2C)CCC1=O. The lowest BCUT2D eigenvalue weighted by Gasteiger charge is -2.33. The highest BCUT2D eigenvalue weighted by Crippen LogP contribution is 2.28. The van der Waals surface area contributed by atoms with E-state index in [1.54, 1.807) is 0 Å². The zero-order valence-electron chi connectivity index (χ0n) is 16.6. The Balaban J connectivity index is 0.000000705. The number of carbonyl (C=O) groups is 2. The minimum Gasteiger partial charge on any atom is -0.468 e. The number of piperidine rings is 1. The molecule has 1 aliphatic rings. The number of nitrogens with zero attached hydrogens (tertiary/aromatic N) is 1. The number of ether oxygens (including phenoxy) is 1. The molecule has 140 valence electrons. The van der Waals surface area contributed by atoms with Crippen LogP contribution in [0.3, 0.4) is 0 Å². The second kappa shape index (κ2) is 10.2. The van der Waals surface area contributed by atoms with E-state index in [2.05, 4.69) is 57.7 Å². The Kier molecular flexibility index (Phi) is 8.67. The van der Waals surface area contributed by atoms with Gasteiger partial charge in [-0.05, 0) is 30.0 Å². The van der Waals surface area contributed by atoms with Crippen LogP contribution >= 0.6 is 0 Å². The summed E-state index contributed by atoms with van der Waals surface area (Å²) in [5, 5.41) is 0. The maximum absolute atomic E-state index is 11.9. The third-order valence-corrected chi connectivity index (χ3v) is 4.65. The molecule has 0 N–H and O–H groups in total. The number of hydrogen-bond donors (Lipinski definition) is 0.